The second kappa shape index (κ2) is 7.41. The van der Waals surface area contributed by atoms with Gasteiger partial charge in [-0.2, -0.15) is 0 Å². The van der Waals surface area contributed by atoms with E-state index in [1.165, 1.54) is 5.56 Å². The number of amides is 1. The third-order valence-electron chi connectivity index (χ3n) is 4.49. The number of piperidine rings is 1. The van der Waals surface area contributed by atoms with Crippen molar-refractivity contribution in [2.45, 2.75) is 45.1 Å². The van der Waals surface area contributed by atoms with Crippen molar-refractivity contribution in [3.8, 4) is 0 Å². The number of nitrogens with two attached hydrogens (primary N) is 1. The largest absolute Gasteiger partial charge is 0.338 e. The van der Waals surface area contributed by atoms with E-state index in [9.17, 15) is 4.79 Å². The van der Waals surface area contributed by atoms with Crippen molar-refractivity contribution in [3.63, 3.8) is 0 Å². The molecular weight excluding hydrogens is 328 g/mol. The molecule has 3 nitrogen and oxygen atoms in total. The minimum Gasteiger partial charge on any atom is -0.338 e. The van der Waals surface area contributed by atoms with Crippen LogP contribution in [0.25, 0.3) is 0 Å². The summed E-state index contributed by atoms with van der Waals surface area (Å²) in [6.07, 6.45) is 2.69. The van der Waals surface area contributed by atoms with E-state index >= 15 is 0 Å². The van der Waals surface area contributed by atoms with Crippen LogP contribution in [0.2, 0.25) is 0 Å². The summed E-state index contributed by atoms with van der Waals surface area (Å²) in [5.74, 6) is 1.16. The number of hydrogen-bond acceptors (Lipinski definition) is 2. The van der Waals surface area contributed by atoms with Crippen molar-refractivity contribution < 1.29 is 4.79 Å². The molecule has 0 spiro atoms. The number of nitrogens with zero attached hydrogens (tertiary/aromatic N) is 1. The first-order valence-corrected chi connectivity index (χ1v) is 8.55. The maximum atomic E-state index is 12.6. The van der Waals surface area contributed by atoms with E-state index in [1.54, 1.807) is 0 Å². The first-order chi connectivity index (χ1) is 10.0. The summed E-state index contributed by atoms with van der Waals surface area (Å²) in [7, 11) is 0. The Labute approximate surface area is 136 Å². The zero-order valence-electron chi connectivity index (χ0n) is 12.9. The maximum Gasteiger partial charge on any atom is 0.223 e. The molecule has 3 unspecified atom stereocenters. The van der Waals surface area contributed by atoms with E-state index in [-0.39, 0.29) is 17.9 Å². The molecule has 1 aliphatic rings. The minimum atomic E-state index is 0.221. The number of benzene rings is 1. The van der Waals surface area contributed by atoms with Crippen LogP contribution in [0.1, 0.15) is 44.6 Å². The van der Waals surface area contributed by atoms with Crippen molar-refractivity contribution in [1.82, 2.24) is 4.90 Å². The van der Waals surface area contributed by atoms with Gasteiger partial charge in [-0.1, -0.05) is 41.9 Å². The van der Waals surface area contributed by atoms with Gasteiger partial charge >= 0.3 is 0 Å². The fourth-order valence-electron chi connectivity index (χ4n) is 3.09. The summed E-state index contributed by atoms with van der Waals surface area (Å²) in [4.78, 5) is 14.6. The normalized spacial score (nSPS) is 23.9. The second-order valence-electron chi connectivity index (χ2n) is 6.26. The molecule has 0 aromatic heterocycles. The lowest BCUT2D eigenvalue weighted by Crippen LogP contribution is -2.49. The third kappa shape index (κ3) is 4.30. The van der Waals surface area contributed by atoms with E-state index in [1.807, 2.05) is 17.0 Å². The molecule has 21 heavy (non-hydrogen) atoms. The van der Waals surface area contributed by atoms with Gasteiger partial charge in [-0.15, -0.1) is 0 Å². The highest BCUT2D eigenvalue weighted by Crippen LogP contribution is 2.26. The van der Waals surface area contributed by atoms with Crippen molar-refractivity contribution in [2.75, 3.05) is 13.1 Å². The molecule has 1 aromatic rings. The molecule has 4 heteroatoms. The fourth-order valence-corrected chi connectivity index (χ4v) is 3.36. The topological polar surface area (TPSA) is 46.3 Å². The highest BCUT2D eigenvalue weighted by Gasteiger charge is 2.29. The number of carbonyl (C=O) groups is 1. The Morgan fingerprint density at radius 3 is 2.71 bits per heavy atom. The average molecular weight is 353 g/mol. The molecule has 1 saturated heterocycles. The van der Waals surface area contributed by atoms with Crippen LogP contribution >= 0.6 is 15.9 Å². The molecule has 1 aromatic carbocycles. The maximum absolute atomic E-state index is 12.6. The lowest BCUT2D eigenvalue weighted by atomic mass is 9.91. The van der Waals surface area contributed by atoms with Gasteiger partial charge in [0, 0.05) is 30.0 Å². The second-order valence-corrected chi connectivity index (χ2v) is 7.18. The van der Waals surface area contributed by atoms with Crippen LogP contribution in [0.3, 0.4) is 0 Å². The molecule has 1 aliphatic heterocycles. The first kappa shape index (κ1) is 16.5. The predicted octanol–water partition coefficient (Wildman–Crippen LogP) is 3.53. The van der Waals surface area contributed by atoms with Crippen LogP contribution in [-0.2, 0) is 4.79 Å². The third-order valence-corrected chi connectivity index (χ3v) is 5.02. The summed E-state index contributed by atoms with van der Waals surface area (Å²) in [6, 6.07) is 8.45. The summed E-state index contributed by atoms with van der Waals surface area (Å²) < 4.78 is 1.07. The fraction of sp³-hybridized carbons (Fsp3) is 0.588. The average Bonchev–Trinajstić information content (AvgIpc) is 2.47. The summed E-state index contributed by atoms with van der Waals surface area (Å²) in [5, 5.41) is 0. The van der Waals surface area contributed by atoms with Crippen LogP contribution in [0.4, 0.5) is 0 Å². The number of rotatable bonds is 4. The molecular formula is C17H25BrN2O. The van der Waals surface area contributed by atoms with Gasteiger partial charge < -0.3 is 10.6 Å². The van der Waals surface area contributed by atoms with Gasteiger partial charge in [0.05, 0.1) is 0 Å². The Kier molecular flexibility index (Phi) is 5.82. The van der Waals surface area contributed by atoms with Gasteiger partial charge in [-0.3, -0.25) is 4.79 Å². The van der Waals surface area contributed by atoms with Gasteiger partial charge in [-0.05, 0) is 42.4 Å². The van der Waals surface area contributed by atoms with Crippen molar-refractivity contribution in [1.29, 1.82) is 0 Å². The molecule has 116 valence electrons. The zero-order chi connectivity index (χ0) is 15.4. The molecule has 1 amide bonds. The molecule has 0 radical (unpaired) electrons. The van der Waals surface area contributed by atoms with Gasteiger partial charge in [0.25, 0.3) is 0 Å². The minimum absolute atomic E-state index is 0.221. The smallest absolute Gasteiger partial charge is 0.223 e. The molecule has 1 heterocycles. The number of likely N-dealkylation sites (tertiary alicyclic amines) is 1. The molecule has 3 atom stereocenters. The highest BCUT2D eigenvalue weighted by molar-refractivity contribution is 9.10. The quantitative estimate of drug-likeness (QED) is 0.900. The molecule has 2 N–H and O–H groups in total. The summed E-state index contributed by atoms with van der Waals surface area (Å²) in [5.41, 5.74) is 7.06. The van der Waals surface area contributed by atoms with Gasteiger partial charge in [0.2, 0.25) is 5.91 Å². The standard InChI is InChI=1S/C17H25BrN2O/c1-12-7-8-20(16(9-12)11-19)17(21)10-13(2)14-3-5-15(18)6-4-14/h3-6,12-13,16H,7-11,19H2,1-2H3. The molecule has 0 bridgehead atoms. The van der Waals surface area contributed by atoms with E-state index in [0.29, 0.717) is 18.9 Å². The van der Waals surface area contributed by atoms with E-state index in [4.69, 9.17) is 5.73 Å². The number of halogens is 1. The predicted molar refractivity (Wildman–Crippen MR) is 90.1 cm³/mol. The molecule has 0 saturated carbocycles. The number of carbonyl (C=O) groups excluding carboxylic acids is 1. The van der Waals surface area contributed by atoms with Gasteiger partial charge in [-0.25, -0.2) is 0 Å². The molecule has 0 aliphatic carbocycles. The van der Waals surface area contributed by atoms with Crippen LogP contribution in [0.5, 0.6) is 0 Å². The van der Waals surface area contributed by atoms with Crippen LogP contribution in [-0.4, -0.2) is 29.9 Å². The Morgan fingerprint density at radius 1 is 1.43 bits per heavy atom. The van der Waals surface area contributed by atoms with Crippen molar-refractivity contribution in [3.05, 3.63) is 34.3 Å². The van der Waals surface area contributed by atoms with E-state index in [0.717, 1.165) is 23.9 Å². The van der Waals surface area contributed by atoms with Crippen molar-refractivity contribution in [2.24, 2.45) is 11.7 Å². The van der Waals surface area contributed by atoms with E-state index < -0.39 is 0 Å². The lowest BCUT2D eigenvalue weighted by molar-refractivity contribution is -0.135. The van der Waals surface area contributed by atoms with Gasteiger partial charge in [0.1, 0.15) is 0 Å². The summed E-state index contributed by atoms with van der Waals surface area (Å²) in [6.45, 7) is 5.79. The monoisotopic (exact) mass is 352 g/mol. The van der Waals surface area contributed by atoms with Crippen LogP contribution in [0.15, 0.2) is 28.7 Å². The Balaban J connectivity index is 1.98. The lowest BCUT2D eigenvalue weighted by Gasteiger charge is -2.38. The SMILES string of the molecule is CC1CCN(C(=O)CC(C)c2ccc(Br)cc2)C(CN)C1. The zero-order valence-corrected chi connectivity index (χ0v) is 14.5. The molecule has 2 rings (SSSR count). The first-order valence-electron chi connectivity index (χ1n) is 7.76. The highest BCUT2D eigenvalue weighted by atomic mass is 79.9. The Hall–Kier alpha value is -0.870. The van der Waals surface area contributed by atoms with Crippen molar-refractivity contribution >= 4 is 21.8 Å². The Morgan fingerprint density at radius 2 is 2.10 bits per heavy atom. The molecule has 1 fully saturated rings. The number of hydrogen-bond donors (Lipinski definition) is 1. The van der Waals surface area contributed by atoms with Crippen LogP contribution < -0.4 is 5.73 Å². The Bertz CT molecular complexity index is 474. The van der Waals surface area contributed by atoms with Crippen LogP contribution in [0, 0.1) is 5.92 Å². The van der Waals surface area contributed by atoms with E-state index in [2.05, 4.69) is 41.9 Å². The van der Waals surface area contributed by atoms with Gasteiger partial charge in [0.15, 0.2) is 0 Å². The summed E-state index contributed by atoms with van der Waals surface area (Å²) >= 11 is 3.44.